The fourth-order valence-electron chi connectivity index (χ4n) is 13.0. The summed E-state index contributed by atoms with van der Waals surface area (Å²) in [6.45, 7) is 7.18. The minimum absolute atomic E-state index is 0.0353. The van der Waals surface area contributed by atoms with Crippen molar-refractivity contribution in [3.8, 4) is 55.9 Å². The zero-order valence-corrected chi connectivity index (χ0v) is 48.4. The molecular weight excluding hydrogens is 1090 g/mol. The summed E-state index contributed by atoms with van der Waals surface area (Å²) in [5.74, 6) is -1.24. The van der Waals surface area contributed by atoms with Gasteiger partial charge in [0.05, 0.1) is 82.8 Å². The second-order valence-electron chi connectivity index (χ2n) is 22.6. The molecule has 0 N–H and O–H groups in total. The number of rotatable bonds is 10. The second kappa shape index (κ2) is 21.2. The van der Waals surface area contributed by atoms with Crippen LogP contribution in [0.15, 0.2) is 290 Å². The molecule has 0 atom stereocenters. The molecule has 428 valence electrons. The first-order valence-corrected chi connectivity index (χ1v) is 28.9. The molecule has 0 saturated carbocycles. The number of nitrogens with zero attached hydrogens (tertiary/aromatic N) is 4. The van der Waals surface area contributed by atoms with Crippen molar-refractivity contribution in [1.29, 1.82) is 0 Å². The maximum Gasteiger partial charge on any atom is 0.252 e. The van der Waals surface area contributed by atoms with Gasteiger partial charge in [0.15, 0.2) is 0 Å². The predicted octanol–water partition coefficient (Wildman–Crippen LogP) is 21.2. The molecule has 17 rings (SSSR count). The molecule has 0 unspecified atom stereocenters. The Hall–Kier alpha value is -10.9. The standard InChI is InChI=1S/C85H65BN4/c1-54(2)61-48-69(57-26-10-6-11-27-57)84(70(49-61)58-28-12-7-13-29-58)89-79-52-63(87-75-38-22-18-34-65(75)66-35-19-23-39-76(66)87)42-44-73(79)86-74-45-43-64(88-77-40-24-20-36-67(77)68-37-21-25-41-78(68)88)53-80(74)90(82-47-56(5)46-81(89)83(82)86)85-71(59-30-14-8-15-31-59)50-62(55(3)4)51-72(85)60-32-16-9-17-33-60/h6-55H,1-5H3/i6D,7D,8D,9D,10D,11D,12D,13D,14D,15D,16D,17D,18D,19D,20D,21D,22D,23D,24D,25D,26D,27D,28D,29D,30D,31D,32D,33D,34D,35D,36D,37D,38D,39D,40D,41D. The summed E-state index contributed by atoms with van der Waals surface area (Å²) in [6.07, 6.45) is 0. The highest BCUT2D eigenvalue weighted by Crippen LogP contribution is 2.54. The van der Waals surface area contributed by atoms with Crippen LogP contribution < -0.4 is 26.2 Å². The van der Waals surface area contributed by atoms with Crippen LogP contribution in [0.25, 0.3) is 99.5 Å². The van der Waals surface area contributed by atoms with Gasteiger partial charge in [-0.05, 0) is 159 Å². The van der Waals surface area contributed by atoms with Crippen molar-refractivity contribution in [3.63, 3.8) is 0 Å². The van der Waals surface area contributed by atoms with Gasteiger partial charge >= 0.3 is 0 Å². The first-order chi connectivity index (χ1) is 59.2. The van der Waals surface area contributed by atoms with Crippen LogP contribution >= 0.6 is 0 Å². The van der Waals surface area contributed by atoms with E-state index in [0.717, 1.165) is 0 Å². The number of para-hydroxylation sites is 4. The van der Waals surface area contributed by atoms with E-state index in [9.17, 15) is 38.4 Å². The molecule has 0 fully saturated rings. The number of hydrogen-bond acceptors (Lipinski definition) is 2. The van der Waals surface area contributed by atoms with Crippen molar-refractivity contribution >= 4 is 101 Å². The minimum Gasteiger partial charge on any atom is -0.310 e. The van der Waals surface area contributed by atoms with Crippen molar-refractivity contribution in [1.82, 2.24) is 9.13 Å². The molecule has 0 radical (unpaired) electrons. The smallest absolute Gasteiger partial charge is 0.252 e. The SMILES string of the molecule is [2H]c1c([2H])c([2H])c(-c2cc(C(C)C)cc(-c3c([2H])c([2H])c([2H])c([2H])c3[2H])c2N2c3cc(-n4c5c([2H])c([2H])c([2H])c([2H])c5c5c([2H])c([2H])c([2H])c([2H])c54)ccc3B3c4ccc(-n5c6c([2H])c([2H])c([2H])c([2H])c6c6c([2H])c([2H])c([2H])c([2H])c65)cc4N(c4c(-c5c([2H])c([2H])c([2H])c([2H])c5[2H])cc(C(C)C)cc4-c4c([2H])c([2H])c([2H])c([2H])c4[2H])c4cc(C)cc2c43)c([2H])c1[2H]. The molecular formula is C85H65BN4. The van der Waals surface area contributed by atoms with Crippen LogP contribution in [-0.4, -0.2) is 15.8 Å². The first-order valence-electron chi connectivity index (χ1n) is 46.9. The Labute approximate surface area is 577 Å². The van der Waals surface area contributed by atoms with Gasteiger partial charge in [-0.1, -0.05) is 233 Å². The Morgan fingerprint density at radius 2 is 0.611 bits per heavy atom. The number of aromatic nitrogens is 2. The van der Waals surface area contributed by atoms with Crippen molar-refractivity contribution in [2.24, 2.45) is 0 Å². The summed E-state index contributed by atoms with van der Waals surface area (Å²) in [5.41, 5.74) is -4.56. The highest BCUT2D eigenvalue weighted by atomic mass is 15.2. The van der Waals surface area contributed by atoms with E-state index < -0.39 is 258 Å². The average Bonchev–Trinajstić information content (AvgIpc) is 1.16. The van der Waals surface area contributed by atoms with E-state index in [1.54, 1.807) is 58.9 Å². The Morgan fingerprint density at radius 3 is 0.911 bits per heavy atom. The van der Waals surface area contributed by atoms with Crippen molar-refractivity contribution in [2.75, 3.05) is 9.80 Å². The number of hydrogen-bond donors (Lipinski definition) is 0. The van der Waals surface area contributed by atoms with Gasteiger partial charge in [-0.15, -0.1) is 0 Å². The molecule has 2 aliphatic heterocycles. The number of aryl methyl sites for hydroxylation is 1. The lowest BCUT2D eigenvalue weighted by Crippen LogP contribution is -2.61. The van der Waals surface area contributed by atoms with E-state index in [2.05, 4.69) is 0 Å². The first kappa shape index (κ1) is 28.1. The molecule has 5 heteroatoms. The van der Waals surface area contributed by atoms with Crippen molar-refractivity contribution in [2.45, 2.75) is 46.5 Å². The molecule has 13 aromatic carbocycles. The number of fused-ring (bicyclic) bond motifs is 10. The van der Waals surface area contributed by atoms with Crippen LogP contribution in [0.4, 0.5) is 34.1 Å². The average molecular weight is 1190 g/mol. The van der Waals surface area contributed by atoms with E-state index in [0.29, 0.717) is 11.1 Å². The zero-order chi connectivity index (χ0) is 91.6. The van der Waals surface area contributed by atoms with E-state index in [4.69, 9.17) is 11.0 Å². The molecule has 2 aliphatic rings. The fraction of sp³-hybridized carbons (Fsp3) is 0.0824. The van der Waals surface area contributed by atoms with E-state index >= 15 is 0 Å². The summed E-state index contributed by atoms with van der Waals surface area (Å²) in [4.78, 5) is 3.03. The fourth-order valence-corrected chi connectivity index (χ4v) is 13.0. The Morgan fingerprint density at radius 1 is 0.322 bits per heavy atom. The summed E-state index contributed by atoms with van der Waals surface area (Å²) >= 11 is 0. The highest BCUT2D eigenvalue weighted by molar-refractivity contribution is 7.00. The van der Waals surface area contributed by atoms with Crippen LogP contribution in [-0.2, 0) is 0 Å². The normalized spacial score (nSPS) is 18.2. The molecule has 4 heterocycles. The molecule has 2 aromatic heterocycles. The molecule has 4 nitrogen and oxygen atoms in total. The zero-order valence-electron chi connectivity index (χ0n) is 84.4. The summed E-state index contributed by atoms with van der Waals surface area (Å²) < 4.78 is 343. The molecule has 0 aliphatic carbocycles. The van der Waals surface area contributed by atoms with Gasteiger partial charge in [0.25, 0.3) is 6.71 Å². The van der Waals surface area contributed by atoms with E-state index in [-0.39, 0.29) is 133 Å². The third-order valence-electron chi connectivity index (χ3n) is 16.9. The molecule has 90 heavy (non-hydrogen) atoms. The molecule has 0 saturated heterocycles. The van der Waals surface area contributed by atoms with Crippen LogP contribution in [0.3, 0.4) is 0 Å². The summed E-state index contributed by atoms with van der Waals surface area (Å²) in [5, 5.41) is -1.40. The lowest BCUT2D eigenvalue weighted by atomic mass is 9.33. The Bertz CT molecular complexity index is 6710. The van der Waals surface area contributed by atoms with Crippen LogP contribution in [0.2, 0.25) is 0 Å². The van der Waals surface area contributed by atoms with Gasteiger partial charge in [0, 0.05) is 77.9 Å². The lowest BCUT2D eigenvalue weighted by Gasteiger charge is -2.46. The lowest BCUT2D eigenvalue weighted by molar-refractivity contribution is 0.867. The topological polar surface area (TPSA) is 16.3 Å². The number of anilines is 6. The third kappa shape index (κ3) is 8.37. The molecule has 0 spiro atoms. The quantitative estimate of drug-likeness (QED) is 0.127. The maximum absolute atomic E-state index is 9.99. The molecule has 0 amide bonds. The van der Waals surface area contributed by atoms with E-state index in [1.165, 1.54) is 67.5 Å². The van der Waals surface area contributed by atoms with E-state index in [1.807, 2.05) is 0 Å². The summed E-state index contributed by atoms with van der Waals surface area (Å²) in [6, 6.07) is -10.5. The van der Waals surface area contributed by atoms with Gasteiger partial charge in [-0.25, -0.2) is 0 Å². The van der Waals surface area contributed by atoms with Crippen LogP contribution in [0.1, 0.15) is 106 Å². The van der Waals surface area contributed by atoms with Gasteiger partial charge in [0.2, 0.25) is 0 Å². The van der Waals surface area contributed by atoms with Gasteiger partial charge in [-0.2, -0.15) is 0 Å². The highest BCUT2D eigenvalue weighted by Gasteiger charge is 2.46. The minimum atomic E-state index is -1.40. The molecule has 15 aromatic rings. The Balaban J connectivity index is 1.16. The third-order valence-corrected chi connectivity index (χ3v) is 16.9. The van der Waals surface area contributed by atoms with Crippen molar-refractivity contribution < 1.29 is 49.3 Å². The predicted molar refractivity (Wildman–Crippen MR) is 384 cm³/mol. The summed E-state index contributed by atoms with van der Waals surface area (Å²) in [7, 11) is 0. The monoisotopic (exact) mass is 1190 g/mol. The number of benzene rings is 13. The molecule has 0 bridgehead atoms. The maximum atomic E-state index is 9.99. The van der Waals surface area contributed by atoms with Gasteiger partial charge in [-0.3, -0.25) is 0 Å². The van der Waals surface area contributed by atoms with Gasteiger partial charge in [0.1, 0.15) is 0 Å². The Kier molecular flexibility index (Phi) is 6.61. The van der Waals surface area contributed by atoms with Gasteiger partial charge < -0.3 is 18.9 Å². The largest absolute Gasteiger partial charge is 0.310 e. The second-order valence-corrected chi connectivity index (χ2v) is 22.6. The van der Waals surface area contributed by atoms with Crippen LogP contribution in [0.5, 0.6) is 0 Å². The van der Waals surface area contributed by atoms with Crippen molar-refractivity contribution in [3.05, 3.63) is 307 Å². The van der Waals surface area contributed by atoms with Crippen LogP contribution in [0, 0.1) is 6.92 Å².